The topological polar surface area (TPSA) is 122 Å². The fourth-order valence-corrected chi connectivity index (χ4v) is 2.44. The third kappa shape index (κ3) is 3.68. The zero-order valence-corrected chi connectivity index (χ0v) is 14.4. The Morgan fingerprint density at radius 3 is 2.12 bits per heavy atom. The Balaban J connectivity index is 2.49. The smallest absolute Gasteiger partial charge is 0.151 e. The first-order valence-corrected chi connectivity index (χ1v) is 7.69. The SMILES string of the molecule is CC(C)(C)c1ccc(Nc2nc(N)c(C#N)c(CC#N)c2C#N)cc1. The van der Waals surface area contributed by atoms with E-state index >= 15 is 0 Å². The van der Waals surface area contributed by atoms with Gasteiger partial charge in [-0.3, -0.25) is 0 Å². The molecule has 0 atom stereocenters. The summed E-state index contributed by atoms with van der Waals surface area (Å²) in [6, 6.07) is 13.7. The number of nitriles is 3. The maximum atomic E-state index is 9.48. The number of anilines is 3. The van der Waals surface area contributed by atoms with Crippen molar-refractivity contribution < 1.29 is 0 Å². The van der Waals surface area contributed by atoms with E-state index in [1.165, 1.54) is 5.56 Å². The second kappa shape index (κ2) is 6.91. The molecule has 0 aliphatic heterocycles. The van der Waals surface area contributed by atoms with Crippen LogP contribution >= 0.6 is 0 Å². The van der Waals surface area contributed by atoms with Crippen LogP contribution in [0.5, 0.6) is 0 Å². The van der Waals surface area contributed by atoms with E-state index in [9.17, 15) is 10.5 Å². The van der Waals surface area contributed by atoms with Gasteiger partial charge in [0.05, 0.1) is 18.1 Å². The largest absolute Gasteiger partial charge is 0.383 e. The number of rotatable bonds is 3. The molecule has 0 amide bonds. The molecule has 6 heteroatoms. The summed E-state index contributed by atoms with van der Waals surface area (Å²) >= 11 is 0. The monoisotopic (exact) mass is 330 g/mol. The summed E-state index contributed by atoms with van der Waals surface area (Å²) in [5.74, 6) is 0.244. The predicted octanol–water partition coefficient (Wildman–Crippen LogP) is 3.51. The van der Waals surface area contributed by atoms with Crippen LogP contribution in [-0.2, 0) is 11.8 Å². The van der Waals surface area contributed by atoms with Gasteiger partial charge in [0.2, 0.25) is 0 Å². The van der Waals surface area contributed by atoms with E-state index in [1.807, 2.05) is 42.5 Å². The molecule has 1 heterocycles. The lowest BCUT2D eigenvalue weighted by atomic mass is 9.87. The fourth-order valence-electron chi connectivity index (χ4n) is 2.44. The van der Waals surface area contributed by atoms with Gasteiger partial charge in [-0.1, -0.05) is 32.9 Å². The third-order valence-corrected chi connectivity index (χ3v) is 3.82. The van der Waals surface area contributed by atoms with E-state index in [0.29, 0.717) is 5.56 Å². The molecule has 124 valence electrons. The highest BCUT2D eigenvalue weighted by Gasteiger charge is 2.19. The average molecular weight is 330 g/mol. The van der Waals surface area contributed by atoms with Gasteiger partial charge in [-0.05, 0) is 23.1 Å². The van der Waals surface area contributed by atoms with Crippen molar-refractivity contribution in [3.63, 3.8) is 0 Å². The first-order valence-electron chi connectivity index (χ1n) is 7.69. The Morgan fingerprint density at radius 2 is 1.64 bits per heavy atom. The van der Waals surface area contributed by atoms with Crippen molar-refractivity contribution in [1.29, 1.82) is 15.8 Å². The van der Waals surface area contributed by atoms with E-state index < -0.39 is 0 Å². The van der Waals surface area contributed by atoms with Crippen LogP contribution < -0.4 is 11.1 Å². The van der Waals surface area contributed by atoms with Gasteiger partial charge in [0.25, 0.3) is 0 Å². The number of hydrogen-bond donors (Lipinski definition) is 2. The number of nitrogens with two attached hydrogens (primary N) is 1. The van der Waals surface area contributed by atoms with Gasteiger partial charge >= 0.3 is 0 Å². The van der Waals surface area contributed by atoms with E-state index in [0.717, 1.165) is 5.69 Å². The zero-order valence-electron chi connectivity index (χ0n) is 14.4. The molecule has 3 N–H and O–H groups in total. The highest BCUT2D eigenvalue weighted by Crippen LogP contribution is 2.29. The van der Waals surface area contributed by atoms with Crippen molar-refractivity contribution in [2.45, 2.75) is 32.6 Å². The first-order chi connectivity index (χ1) is 11.8. The second-order valence-electron chi connectivity index (χ2n) is 6.59. The predicted molar refractivity (Wildman–Crippen MR) is 95.8 cm³/mol. The number of aromatic nitrogens is 1. The lowest BCUT2D eigenvalue weighted by molar-refractivity contribution is 0.590. The lowest BCUT2D eigenvalue weighted by Gasteiger charge is -2.19. The van der Waals surface area contributed by atoms with Crippen LogP contribution in [0.2, 0.25) is 0 Å². The molecule has 1 aromatic carbocycles. The standard InChI is InChI=1S/C19H18N6/c1-19(2,3)12-4-6-13(7-5-12)24-18-16(11-22)14(8-9-20)15(10-21)17(23)25-18/h4-7H,8H2,1-3H3,(H3,23,24,25). The van der Waals surface area contributed by atoms with Crippen LogP contribution in [0.15, 0.2) is 24.3 Å². The summed E-state index contributed by atoms with van der Waals surface area (Å²) in [7, 11) is 0. The molecule has 2 rings (SSSR count). The molecule has 0 radical (unpaired) electrons. The fraction of sp³-hybridized carbons (Fsp3) is 0.263. The summed E-state index contributed by atoms with van der Waals surface area (Å²) in [4.78, 5) is 4.14. The summed E-state index contributed by atoms with van der Waals surface area (Å²) in [6.45, 7) is 6.38. The van der Waals surface area contributed by atoms with Crippen molar-refractivity contribution in [2.24, 2.45) is 0 Å². The lowest BCUT2D eigenvalue weighted by Crippen LogP contribution is -2.11. The van der Waals surface area contributed by atoms with Crippen LogP contribution in [0.1, 0.15) is 43.0 Å². The Hall–Kier alpha value is -3.56. The van der Waals surface area contributed by atoms with Crippen LogP contribution in [-0.4, -0.2) is 4.98 Å². The van der Waals surface area contributed by atoms with Crippen molar-refractivity contribution in [2.75, 3.05) is 11.1 Å². The van der Waals surface area contributed by atoms with Gasteiger partial charge in [0, 0.05) is 11.3 Å². The summed E-state index contributed by atoms with van der Waals surface area (Å²) < 4.78 is 0. The van der Waals surface area contributed by atoms with E-state index in [-0.39, 0.29) is 34.6 Å². The Bertz CT molecular complexity index is 915. The van der Waals surface area contributed by atoms with Crippen LogP contribution in [0.3, 0.4) is 0 Å². The molecule has 0 saturated carbocycles. The third-order valence-electron chi connectivity index (χ3n) is 3.82. The van der Waals surface area contributed by atoms with E-state index in [1.54, 1.807) is 0 Å². The van der Waals surface area contributed by atoms with E-state index in [4.69, 9.17) is 11.0 Å². The molecule has 0 unspecified atom stereocenters. The van der Waals surface area contributed by atoms with Crippen LogP contribution in [0.25, 0.3) is 0 Å². The Kier molecular flexibility index (Phi) is 4.92. The zero-order chi connectivity index (χ0) is 18.6. The quantitative estimate of drug-likeness (QED) is 0.887. The maximum Gasteiger partial charge on any atom is 0.151 e. The second-order valence-corrected chi connectivity index (χ2v) is 6.59. The van der Waals surface area contributed by atoms with Gasteiger partial charge in [-0.25, -0.2) is 4.98 Å². The van der Waals surface area contributed by atoms with Crippen LogP contribution in [0.4, 0.5) is 17.3 Å². The molecule has 25 heavy (non-hydrogen) atoms. The molecular formula is C19H18N6. The molecule has 1 aromatic heterocycles. The van der Waals surface area contributed by atoms with Gasteiger partial charge in [-0.15, -0.1) is 0 Å². The number of nitrogen functional groups attached to an aromatic ring is 1. The molecule has 6 nitrogen and oxygen atoms in total. The number of nitrogens with zero attached hydrogens (tertiary/aromatic N) is 4. The molecule has 2 aromatic rings. The summed E-state index contributed by atoms with van der Waals surface area (Å²) in [5.41, 5.74) is 8.32. The highest BCUT2D eigenvalue weighted by molar-refractivity contribution is 5.71. The van der Waals surface area contributed by atoms with Crippen molar-refractivity contribution in [3.05, 3.63) is 46.5 Å². The molecule has 0 fully saturated rings. The van der Waals surface area contributed by atoms with Crippen molar-refractivity contribution in [3.8, 4) is 18.2 Å². The normalized spacial score (nSPS) is 10.4. The minimum Gasteiger partial charge on any atom is -0.383 e. The number of hydrogen-bond acceptors (Lipinski definition) is 6. The minimum atomic E-state index is -0.0872. The average Bonchev–Trinajstić information content (AvgIpc) is 2.55. The van der Waals surface area contributed by atoms with Gasteiger partial charge < -0.3 is 11.1 Å². The van der Waals surface area contributed by atoms with E-state index in [2.05, 4.69) is 31.1 Å². The molecule has 0 saturated heterocycles. The molecular weight excluding hydrogens is 312 g/mol. The number of nitrogens with one attached hydrogen (secondary N) is 1. The summed E-state index contributed by atoms with van der Waals surface area (Å²) in [6.07, 6.45) is -0.0872. The number of benzene rings is 1. The minimum absolute atomic E-state index is 0.000520. The van der Waals surface area contributed by atoms with Crippen molar-refractivity contribution in [1.82, 2.24) is 4.98 Å². The molecule has 0 aliphatic carbocycles. The number of pyridine rings is 1. The van der Waals surface area contributed by atoms with Gasteiger partial charge in [0.15, 0.2) is 5.82 Å². The molecule has 0 aliphatic rings. The maximum absolute atomic E-state index is 9.48. The van der Waals surface area contributed by atoms with Crippen LogP contribution in [0, 0.1) is 34.0 Å². The van der Waals surface area contributed by atoms with Gasteiger partial charge in [-0.2, -0.15) is 15.8 Å². The van der Waals surface area contributed by atoms with Crippen molar-refractivity contribution >= 4 is 17.3 Å². The highest BCUT2D eigenvalue weighted by atomic mass is 15.0. The summed E-state index contributed by atoms with van der Waals surface area (Å²) in [5, 5.41) is 30.7. The Labute approximate surface area is 147 Å². The Morgan fingerprint density at radius 1 is 1.04 bits per heavy atom. The molecule has 0 spiro atoms. The van der Waals surface area contributed by atoms with Gasteiger partial charge in [0.1, 0.15) is 23.5 Å². The molecule has 0 bridgehead atoms. The first kappa shape index (κ1) is 17.8.